The Kier molecular flexibility index (Phi) is 3.46. The van der Waals surface area contributed by atoms with Gasteiger partial charge >= 0.3 is 0 Å². The first kappa shape index (κ1) is 9.74. The van der Waals surface area contributed by atoms with Gasteiger partial charge in [-0.25, -0.2) is 5.11 Å². The Morgan fingerprint density at radius 2 is 1.92 bits per heavy atom. The van der Waals surface area contributed by atoms with Crippen molar-refractivity contribution < 1.29 is 9.90 Å². The molecule has 0 spiro atoms. The summed E-state index contributed by atoms with van der Waals surface area (Å²) in [5, 5.41) is 12.9. The molecule has 0 heterocycles. The molecule has 13 heavy (non-hydrogen) atoms. The lowest BCUT2D eigenvalue weighted by Gasteiger charge is -2.02. The zero-order valence-corrected chi connectivity index (χ0v) is 7.54. The van der Waals surface area contributed by atoms with Crippen molar-refractivity contribution >= 4 is 11.6 Å². The lowest BCUT2D eigenvalue weighted by molar-refractivity contribution is -0.114. The van der Waals surface area contributed by atoms with Gasteiger partial charge in [-0.1, -0.05) is 12.1 Å². The van der Waals surface area contributed by atoms with E-state index < -0.39 is 0 Å². The van der Waals surface area contributed by atoms with Crippen LogP contribution >= 0.6 is 0 Å². The molecule has 3 heteroatoms. The maximum absolute atomic E-state index is 10.7. The van der Waals surface area contributed by atoms with Crippen molar-refractivity contribution in [2.45, 2.75) is 13.3 Å². The Morgan fingerprint density at radius 1 is 1.31 bits per heavy atom. The van der Waals surface area contributed by atoms with Crippen LogP contribution in [0.2, 0.25) is 0 Å². The number of carbonyl (C=O) groups is 1. The summed E-state index contributed by atoms with van der Waals surface area (Å²) in [5.41, 5.74) is 1.77. The van der Waals surface area contributed by atoms with Gasteiger partial charge in [0, 0.05) is 12.6 Å². The lowest BCUT2D eigenvalue weighted by atomic mass is 10.1. The third-order valence-corrected chi connectivity index (χ3v) is 1.67. The Hall–Kier alpha value is -1.35. The Balaban J connectivity index is 2.64. The molecule has 0 aliphatic heterocycles. The Bertz CT molecular complexity index is 279. The second-order valence-electron chi connectivity index (χ2n) is 2.83. The quantitative estimate of drug-likeness (QED) is 0.751. The number of rotatable bonds is 3. The molecule has 3 nitrogen and oxygen atoms in total. The summed E-state index contributed by atoms with van der Waals surface area (Å²) < 4.78 is 0. The number of benzene rings is 1. The first-order valence-corrected chi connectivity index (χ1v) is 4.17. The first-order chi connectivity index (χ1) is 6.22. The van der Waals surface area contributed by atoms with E-state index in [9.17, 15) is 9.90 Å². The number of anilines is 1. The molecule has 1 rings (SSSR count). The van der Waals surface area contributed by atoms with Crippen LogP contribution in [0.1, 0.15) is 12.5 Å². The van der Waals surface area contributed by atoms with Gasteiger partial charge in [0.05, 0.1) is 6.61 Å². The van der Waals surface area contributed by atoms with Crippen molar-refractivity contribution in [2.75, 3.05) is 11.9 Å². The van der Waals surface area contributed by atoms with Gasteiger partial charge in [0.25, 0.3) is 0 Å². The number of amides is 1. The molecule has 0 saturated heterocycles. The van der Waals surface area contributed by atoms with Crippen LogP contribution in [0.3, 0.4) is 0 Å². The number of hydrogen-bond donors (Lipinski definition) is 1. The average Bonchev–Trinajstić information content (AvgIpc) is 2.08. The molecule has 1 radical (unpaired) electrons. The molecule has 0 bridgehead atoms. The molecular formula is C10H12NO2. The summed E-state index contributed by atoms with van der Waals surface area (Å²) in [6.45, 7) is 1.37. The van der Waals surface area contributed by atoms with E-state index in [1.807, 2.05) is 12.1 Å². The van der Waals surface area contributed by atoms with E-state index in [1.54, 1.807) is 12.1 Å². The molecule has 0 saturated carbocycles. The molecule has 0 unspecified atom stereocenters. The minimum atomic E-state index is -0.0977. The summed E-state index contributed by atoms with van der Waals surface area (Å²) in [4.78, 5) is 10.7. The smallest absolute Gasteiger partial charge is 0.221 e. The van der Waals surface area contributed by atoms with Gasteiger partial charge in [0.1, 0.15) is 0 Å². The predicted octanol–water partition coefficient (Wildman–Crippen LogP) is 1.62. The maximum Gasteiger partial charge on any atom is 0.221 e. The van der Waals surface area contributed by atoms with E-state index in [0.717, 1.165) is 11.3 Å². The largest absolute Gasteiger partial charge is 0.326 e. The highest BCUT2D eigenvalue weighted by Crippen LogP contribution is 2.09. The predicted molar refractivity (Wildman–Crippen MR) is 50.0 cm³/mol. The Morgan fingerprint density at radius 3 is 2.38 bits per heavy atom. The van der Waals surface area contributed by atoms with Crippen LogP contribution < -0.4 is 5.32 Å². The SMILES string of the molecule is CC(=O)Nc1ccc(CC[O])cc1. The van der Waals surface area contributed by atoms with Crippen LogP contribution in [0.4, 0.5) is 5.69 Å². The van der Waals surface area contributed by atoms with Crippen molar-refractivity contribution in [2.24, 2.45) is 0 Å². The van der Waals surface area contributed by atoms with Crippen LogP contribution in [0.25, 0.3) is 0 Å². The average molecular weight is 178 g/mol. The van der Waals surface area contributed by atoms with Crippen molar-refractivity contribution in [3.63, 3.8) is 0 Å². The lowest BCUT2D eigenvalue weighted by Crippen LogP contribution is -2.05. The normalized spacial score (nSPS) is 9.69. The van der Waals surface area contributed by atoms with Gasteiger partial charge in [-0.3, -0.25) is 4.79 Å². The second-order valence-corrected chi connectivity index (χ2v) is 2.83. The highest BCUT2D eigenvalue weighted by Gasteiger charge is 1.95. The zero-order chi connectivity index (χ0) is 9.68. The summed E-state index contributed by atoms with van der Waals surface area (Å²) in [6.07, 6.45) is 0.542. The molecule has 0 fully saturated rings. The minimum absolute atomic E-state index is 0.0865. The van der Waals surface area contributed by atoms with Crippen LogP contribution in [0.15, 0.2) is 24.3 Å². The van der Waals surface area contributed by atoms with E-state index in [0.29, 0.717) is 6.42 Å². The molecule has 0 atom stereocenters. The minimum Gasteiger partial charge on any atom is -0.326 e. The van der Waals surface area contributed by atoms with Gasteiger partial charge in [0.15, 0.2) is 0 Å². The van der Waals surface area contributed by atoms with E-state index in [2.05, 4.69) is 5.32 Å². The van der Waals surface area contributed by atoms with Gasteiger partial charge in [0.2, 0.25) is 5.91 Å². The topological polar surface area (TPSA) is 49.0 Å². The third kappa shape index (κ3) is 3.25. The number of nitrogens with one attached hydrogen (secondary N) is 1. The maximum atomic E-state index is 10.7. The van der Waals surface area contributed by atoms with Gasteiger partial charge < -0.3 is 5.32 Å². The third-order valence-electron chi connectivity index (χ3n) is 1.67. The van der Waals surface area contributed by atoms with Crippen LogP contribution in [0, 0.1) is 0 Å². The summed E-state index contributed by atoms with van der Waals surface area (Å²) >= 11 is 0. The molecule has 1 N–H and O–H groups in total. The van der Waals surface area contributed by atoms with Gasteiger partial charge in [-0.05, 0) is 24.1 Å². The van der Waals surface area contributed by atoms with Crippen molar-refractivity contribution in [1.29, 1.82) is 0 Å². The molecule has 1 aromatic rings. The molecule has 1 aromatic carbocycles. The molecule has 0 aliphatic rings. The second kappa shape index (κ2) is 4.62. The fourth-order valence-corrected chi connectivity index (χ4v) is 1.08. The van der Waals surface area contributed by atoms with Crippen molar-refractivity contribution in [1.82, 2.24) is 0 Å². The van der Waals surface area contributed by atoms with Crippen molar-refractivity contribution in [3.8, 4) is 0 Å². The molecule has 1 amide bonds. The van der Waals surface area contributed by atoms with E-state index in [4.69, 9.17) is 0 Å². The van der Waals surface area contributed by atoms with Gasteiger partial charge in [-0.2, -0.15) is 0 Å². The molecule has 0 aromatic heterocycles. The molecule has 69 valence electrons. The van der Waals surface area contributed by atoms with Crippen LogP contribution in [-0.2, 0) is 16.3 Å². The summed E-state index contributed by atoms with van der Waals surface area (Å²) in [5.74, 6) is -0.0865. The fourth-order valence-electron chi connectivity index (χ4n) is 1.08. The van der Waals surface area contributed by atoms with Gasteiger partial charge in [-0.15, -0.1) is 0 Å². The van der Waals surface area contributed by atoms with E-state index >= 15 is 0 Å². The monoisotopic (exact) mass is 178 g/mol. The number of hydrogen-bond acceptors (Lipinski definition) is 1. The van der Waals surface area contributed by atoms with Crippen LogP contribution in [0.5, 0.6) is 0 Å². The highest BCUT2D eigenvalue weighted by molar-refractivity contribution is 5.88. The summed E-state index contributed by atoms with van der Waals surface area (Å²) in [6, 6.07) is 7.30. The zero-order valence-electron chi connectivity index (χ0n) is 7.54. The standard InChI is InChI=1S/C10H12NO2/c1-8(13)11-10-4-2-9(3-5-10)6-7-12/h2-5H,6-7H2,1H3,(H,11,13). The van der Waals surface area contributed by atoms with Crippen LogP contribution in [-0.4, -0.2) is 12.5 Å². The van der Waals surface area contributed by atoms with Crippen molar-refractivity contribution in [3.05, 3.63) is 29.8 Å². The Labute approximate surface area is 77.4 Å². The first-order valence-electron chi connectivity index (χ1n) is 4.17. The van der Waals surface area contributed by atoms with E-state index in [-0.39, 0.29) is 12.5 Å². The van der Waals surface area contributed by atoms with E-state index in [1.165, 1.54) is 6.92 Å². The number of carbonyl (C=O) groups excluding carboxylic acids is 1. The molecule has 0 aliphatic carbocycles. The summed E-state index contributed by atoms with van der Waals surface area (Å²) in [7, 11) is 0. The highest BCUT2D eigenvalue weighted by atomic mass is 16.2. The molecular weight excluding hydrogens is 166 g/mol. The fraction of sp³-hybridized carbons (Fsp3) is 0.300.